The van der Waals surface area contributed by atoms with E-state index in [4.69, 9.17) is 4.42 Å². The summed E-state index contributed by atoms with van der Waals surface area (Å²) in [5.74, 6) is -0.981. The van der Waals surface area contributed by atoms with Crippen molar-refractivity contribution in [2.75, 3.05) is 6.61 Å². The number of benzene rings is 2. The topological polar surface area (TPSA) is 73.5 Å². The summed E-state index contributed by atoms with van der Waals surface area (Å²) in [4.78, 5) is 24.0. The van der Waals surface area contributed by atoms with E-state index in [1.54, 1.807) is 48.5 Å². The molecule has 0 aliphatic carbocycles. The van der Waals surface area contributed by atoms with E-state index in [1.807, 2.05) is 0 Å². The number of halogens is 3. The number of aromatic nitrogens is 1. The Morgan fingerprint density at radius 3 is 2.46 bits per heavy atom. The summed E-state index contributed by atoms with van der Waals surface area (Å²) in [6.45, 7) is -1.41. The highest BCUT2D eigenvalue weighted by molar-refractivity contribution is 5.79. The fraction of sp³-hybridized carbons (Fsp3) is 0.263. The van der Waals surface area contributed by atoms with Gasteiger partial charge in [-0.3, -0.25) is 9.36 Å². The van der Waals surface area contributed by atoms with Gasteiger partial charge in [-0.1, -0.05) is 36.4 Å². The first-order valence-corrected chi connectivity index (χ1v) is 8.39. The minimum atomic E-state index is -4.35. The van der Waals surface area contributed by atoms with Gasteiger partial charge in [-0.05, 0) is 23.3 Å². The van der Waals surface area contributed by atoms with Crippen LogP contribution in [-0.2, 0) is 29.2 Å². The predicted octanol–water partition coefficient (Wildman–Crippen LogP) is 2.99. The van der Waals surface area contributed by atoms with Gasteiger partial charge in [0.1, 0.15) is 13.2 Å². The zero-order chi connectivity index (χ0) is 20.1. The summed E-state index contributed by atoms with van der Waals surface area (Å²) in [5.41, 5.74) is 2.29. The van der Waals surface area contributed by atoms with E-state index in [9.17, 15) is 22.8 Å². The minimum absolute atomic E-state index is 0.150. The molecule has 3 aromatic rings. The van der Waals surface area contributed by atoms with Crippen molar-refractivity contribution in [1.82, 2.24) is 9.88 Å². The number of amides is 1. The second kappa shape index (κ2) is 8.30. The smallest absolute Gasteiger partial charge is 0.408 e. The Kier molecular flexibility index (Phi) is 5.84. The van der Waals surface area contributed by atoms with Gasteiger partial charge in [0, 0.05) is 6.54 Å². The molecular weight excluding hydrogens is 377 g/mol. The van der Waals surface area contributed by atoms with E-state index in [-0.39, 0.29) is 25.6 Å². The Morgan fingerprint density at radius 2 is 1.75 bits per heavy atom. The highest BCUT2D eigenvalue weighted by Crippen LogP contribution is 2.16. The van der Waals surface area contributed by atoms with E-state index < -0.39 is 18.5 Å². The Balaban J connectivity index is 1.52. The fourth-order valence-electron chi connectivity index (χ4n) is 2.60. The molecule has 0 radical (unpaired) electrons. The maximum atomic E-state index is 12.1. The lowest BCUT2D eigenvalue weighted by atomic mass is 10.1. The number of para-hydroxylation sites is 2. The van der Waals surface area contributed by atoms with Crippen LogP contribution in [0.3, 0.4) is 0 Å². The molecule has 1 N–H and O–H groups in total. The van der Waals surface area contributed by atoms with Crippen molar-refractivity contribution >= 4 is 17.0 Å². The highest BCUT2D eigenvalue weighted by Gasteiger charge is 2.27. The number of alkyl halides is 3. The standard InChI is InChI=1S/C19H17F3N2O4/c20-19(21,22)12-27-11-14-7-5-13(6-8-14)9-23-17(25)10-24-15-3-1-2-4-16(15)28-18(24)26/h1-8H,9-12H2,(H,23,25). The third-order valence-electron chi connectivity index (χ3n) is 3.92. The number of nitrogens with one attached hydrogen (secondary N) is 1. The number of nitrogens with zero attached hydrogens (tertiary/aromatic N) is 1. The molecule has 28 heavy (non-hydrogen) atoms. The molecule has 1 heterocycles. The molecule has 0 saturated heterocycles. The van der Waals surface area contributed by atoms with Gasteiger partial charge in [-0.15, -0.1) is 0 Å². The number of fused-ring (bicyclic) bond motifs is 1. The average molecular weight is 394 g/mol. The van der Waals surface area contributed by atoms with Crippen molar-refractivity contribution in [2.24, 2.45) is 0 Å². The van der Waals surface area contributed by atoms with Gasteiger partial charge in [0.25, 0.3) is 0 Å². The van der Waals surface area contributed by atoms with Crippen molar-refractivity contribution in [2.45, 2.75) is 25.9 Å². The van der Waals surface area contributed by atoms with Crippen LogP contribution in [0.1, 0.15) is 11.1 Å². The van der Waals surface area contributed by atoms with E-state index in [0.29, 0.717) is 16.7 Å². The van der Waals surface area contributed by atoms with Crippen molar-refractivity contribution in [3.05, 3.63) is 70.2 Å². The molecule has 1 amide bonds. The Hall–Kier alpha value is -3.07. The number of carbonyl (C=O) groups excluding carboxylic acids is 1. The van der Waals surface area contributed by atoms with Crippen LogP contribution in [0, 0.1) is 0 Å². The van der Waals surface area contributed by atoms with Gasteiger partial charge in [0.15, 0.2) is 5.58 Å². The van der Waals surface area contributed by atoms with Crippen LogP contribution < -0.4 is 11.1 Å². The number of hydrogen-bond acceptors (Lipinski definition) is 4. The van der Waals surface area contributed by atoms with Crippen molar-refractivity contribution in [3.8, 4) is 0 Å². The lowest BCUT2D eigenvalue weighted by Gasteiger charge is -2.09. The largest absolute Gasteiger partial charge is 0.420 e. The molecular formula is C19H17F3N2O4. The Bertz CT molecular complexity index is 1010. The fourth-order valence-corrected chi connectivity index (χ4v) is 2.60. The lowest BCUT2D eigenvalue weighted by Crippen LogP contribution is -2.30. The van der Waals surface area contributed by atoms with Crippen LogP contribution >= 0.6 is 0 Å². The number of ether oxygens (including phenoxy) is 1. The van der Waals surface area contributed by atoms with E-state index in [2.05, 4.69) is 10.1 Å². The molecule has 3 rings (SSSR count). The van der Waals surface area contributed by atoms with Gasteiger partial charge >= 0.3 is 11.9 Å². The van der Waals surface area contributed by atoms with Crippen molar-refractivity contribution in [1.29, 1.82) is 0 Å². The Labute approximate surface area is 157 Å². The van der Waals surface area contributed by atoms with E-state index >= 15 is 0 Å². The summed E-state index contributed by atoms with van der Waals surface area (Å²) in [6, 6.07) is 13.4. The molecule has 148 valence electrons. The van der Waals surface area contributed by atoms with Gasteiger partial charge in [-0.25, -0.2) is 4.79 Å². The van der Waals surface area contributed by atoms with Gasteiger partial charge in [0.2, 0.25) is 5.91 Å². The van der Waals surface area contributed by atoms with Crippen molar-refractivity contribution in [3.63, 3.8) is 0 Å². The Morgan fingerprint density at radius 1 is 1.07 bits per heavy atom. The van der Waals surface area contributed by atoms with E-state index in [0.717, 1.165) is 5.56 Å². The first-order valence-electron chi connectivity index (χ1n) is 8.39. The number of rotatable bonds is 7. The maximum Gasteiger partial charge on any atom is 0.420 e. The van der Waals surface area contributed by atoms with Gasteiger partial charge < -0.3 is 14.5 Å². The van der Waals surface area contributed by atoms with Gasteiger partial charge in [0.05, 0.1) is 12.1 Å². The molecule has 2 aromatic carbocycles. The minimum Gasteiger partial charge on any atom is -0.408 e. The van der Waals surface area contributed by atoms with Crippen LogP contribution in [0.5, 0.6) is 0 Å². The SMILES string of the molecule is O=C(Cn1c(=O)oc2ccccc21)NCc1ccc(COCC(F)(F)F)cc1. The molecule has 0 bridgehead atoms. The van der Waals surface area contributed by atoms with Crippen LogP contribution in [0.25, 0.3) is 11.1 Å². The summed E-state index contributed by atoms with van der Waals surface area (Å²) in [6.07, 6.45) is -4.35. The summed E-state index contributed by atoms with van der Waals surface area (Å²) in [7, 11) is 0. The van der Waals surface area contributed by atoms with Crippen LogP contribution in [-0.4, -0.2) is 23.3 Å². The summed E-state index contributed by atoms with van der Waals surface area (Å²) in [5, 5.41) is 2.69. The third-order valence-corrected chi connectivity index (χ3v) is 3.92. The zero-order valence-electron chi connectivity index (χ0n) is 14.7. The highest BCUT2D eigenvalue weighted by atomic mass is 19.4. The molecule has 0 fully saturated rings. The average Bonchev–Trinajstić information content (AvgIpc) is 2.95. The van der Waals surface area contributed by atoms with Crippen LogP contribution in [0.15, 0.2) is 57.7 Å². The maximum absolute atomic E-state index is 12.1. The van der Waals surface area contributed by atoms with Crippen molar-refractivity contribution < 1.29 is 27.1 Å². The summed E-state index contributed by atoms with van der Waals surface area (Å²) >= 11 is 0. The molecule has 0 unspecified atom stereocenters. The quantitative estimate of drug-likeness (QED) is 0.669. The second-order valence-corrected chi connectivity index (χ2v) is 6.12. The molecule has 6 nitrogen and oxygen atoms in total. The molecule has 0 atom stereocenters. The molecule has 0 spiro atoms. The predicted molar refractivity (Wildman–Crippen MR) is 94.5 cm³/mol. The van der Waals surface area contributed by atoms with Crippen LogP contribution in [0.4, 0.5) is 13.2 Å². The molecule has 1 aromatic heterocycles. The number of oxazole rings is 1. The molecule has 9 heteroatoms. The number of hydrogen-bond donors (Lipinski definition) is 1. The number of carbonyl (C=O) groups is 1. The normalized spacial score (nSPS) is 11.7. The second-order valence-electron chi connectivity index (χ2n) is 6.12. The summed E-state index contributed by atoms with van der Waals surface area (Å²) < 4.78 is 47.1. The first kappa shape index (κ1) is 19.7. The lowest BCUT2D eigenvalue weighted by molar-refractivity contribution is -0.176. The molecule has 0 saturated carbocycles. The first-order chi connectivity index (χ1) is 13.3. The monoisotopic (exact) mass is 394 g/mol. The van der Waals surface area contributed by atoms with E-state index in [1.165, 1.54) is 4.57 Å². The van der Waals surface area contributed by atoms with Crippen LogP contribution in [0.2, 0.25) is 0 Å². The van der Waals surface area contributed by atoms with Gasteiger partial charge in [-0.2, -0.15) is 13.2 Å². The zero-order valence-corrected chi connectivity index (χ0v) is 14.7. The third kappa shape index (κ3) is 5.23. The molecule has 0 aliphatic rings. The molecule has 0 aliphatic heterocycles.